The molecule has 0 bridgehead atoms. The summed E-state index contributed by atoms with van der Waals surface area (Å²) >= 11 is 0. The Morgan fingerprint density at radius 1 is 1.21 bits per heavy atom. The first-order valence-electron chi connectivity index (χ1n) is 11.9. The number of pyridine rings is 1. The fourth-order valence-corrected chi connectivity index (χ4v) is 5.60. The number of nitrogens with two attached hydrogens (primary N) is 1. The molecule has 2 aliphatic rings. The number of benzene rings is 1. The molecule has 6 rings (SSSR count). The van der Waals surface area contributed by atoms with Crippen molar-refractivity contribution in [2.75, 3.05) is 18.8 Å². The Bertz CT molecular complexity index is 1420. The van der Waals surface area contributed by atoms with Crippen LogP contribution in [0.1, 0.15) is 50.3 Å². The molecule has 4 N–H and O–H groups in total. The van der Waals surface area contributed by atoms with E-state index in [1.165, 1.54) is 0 Å². The highest BCUT2D eigenvalue weighted by Crippen LogP contribution is 2.41. The van der Waals surface area contributed by atoms with Crippen LogP contribution in [-0.4, -0.2) is 49.0 Å². The third-order valence-electron chi connectivity index (χ3n) is 7.46. The Morgan fingerprint density at radius 2 is 2.06 bits per heavy atom. The number of amides is 1. The van der Waals surface area contributed by atoms with Crippen molar-refractivity contribution in [3.63, 3.8) is 0 Å². The number of aromatic nitrogens is 5. The predicted molar refractivity (Wildman–Crippen MR) is 128 cm³/mol. The first kappa shape index (κ1) is 20.7. The number of anilines is 1. The minimum Gasteiger partial charge on any atom is -0.382 e. The number of nitrogens with one attached hydrogen (secondary N) is 2. The van der Waals surface area contributed by atoms with Gasteiger partial charge in [0.25, 0.3) is 0 Å². The van der Waals surface area contributed by atoms with Crippen LogP contribution in [0, 0.1) is 16.7 Å². The van der Waals surface area contributed by atoms with Gasteiger partial charge >= 0.3 is 0 Å². The topological polar surface area (TPSA) is 140 Å². The number of likely N-dealkylation sites (tertiary alicyclic amines) is 1. The van der Waals surface area contributed by atoms with Crippen molar-refractivity contribution < 1.29 is 4.79 Å². The van der Waals surface area contributed by atoms with Gasteiger partial charge in [-0.3, -0.25) is 9.89 Å². The molecule has 172 valence electrons. The van der Waals surface area contributed by atoms with Crippen molar-refractivity contribution in [1.82, 2.24) is 30.0 Å². The van der Waals surface area contributed by atoms with E-state index in [1.807, 2.05) is 29.2 Å². The van der Waals surface area contributed by atoms with E-state index in [0.29, 0.717) is 31.7 Å². The molecule has 0 spiro atoms. The number of nitrogens with zero attached hydrogens (tertiary/aromatic N) is 5. The second-order valence-corrected chi connectivity index (χ2v) is 9.54. The highest BCUT2D eigenvalue weighted by atomic mass is 16.2. The molecule has 4 aromatic rings. The van der Waals surface area contributed by atoms with Gasteiger partial charge in [0, 0.05) is 36.2 Å². The molecule has 9 nitrogen and oxygen atoms in total. The fourth-order valence-electron chi connectivity index (χ4n) is 5.60. The first-order chi connectivity index (χ1) is 16.6. The number of aromatic amines is 2. The van der Waals surface area contributed by atoms with Crippen molar-refractivity contribution in [3.8, 4) is 17.3 Å². The summed E-state index contributed by atoms with van der Waals surface area (Å²) in [7, 11) is 0. The van der Waals surface area contributed by atoms with E-state index < -0.39 is 5.41 Å². The normalized spacial score (nSPS) is 20.1. The lowest BCUT2D eigenvalue weighted by atomic mass is 9.85. The molecule has 2 fully saturated rings. The van der Waals surface area contributed by atoms with E-state index in [9.17, 15) is 10.1 Å². The van der Waals surface area contributed by atoms with Gasteiger partial charge < -0.3 is 15.6 Å². The van der Waals surface area contributed by atoms with Gasteiger partial charge in [0.05, 0.1) is 17.3 Å². The van der Waals surface area contributed by atoms with E-state index in [-0.39, 0.29) is 11.8 Å². The van der Waals surface area contributed by atoms with Crippen LogP contribution in [0.15, 0.2) is 30.5 Å². The number of hydrogen-bond acceptors (Lipinski definition) is 6. The average molecular weight is 455 g/mol. The van der Waals surface area contributed by atoms with Gasteiger partial charge in [-0.2, -0.15) is 10.4 Å². The monoisotopic (exact) mass is 454 g/mol. The minimum absolute atomic E-state index is 0.00808. The van der Waals surface area contributed by atoms with Crippen molar-refractivity contribution >= 4 is 33.7 Å². The number of nitriles is 1. The molecule has 1 aromatic carbocycles. The summed E-state index contributed by atoms with van der Waals surface area (Å²) < 4.78 is 0. The number of fused-ring (bicyclic) bond motifs is 3. The molecular weight excluding hydrogens is 428 g/mol. The van der Waals surface area contributed by atoms with Crippen molar-refractivity contribution in [3.05, 3.63) is 36.3 Å². The lowest BCUT2D eigenvalue weighted by Crippen LogP contribution is -2.46. The number of imidazole rings is 1. The molecule has 1 amide bonds. The molecule has 1 aliphatic carbocycles. The van der Waals surface area contributed by atoms with Crippen LogP contribution in [0.3, 0.4) is 0 Å². The number of rotatable bonds is 3. The third kappa shape index (κ3) is 3.21. The van der Waals surface area contributed by atoms with E-state index in [1.54, 1.807) is 6.20 Å². The van der Waals surface area contributed by atoms with Gasteiger partial charge in [0.2, 0.25) is 5.91 Å². The molecule has 3 aromatic heterocycles. The van der Waals surface area contributed by atoms with Crippen LogP contribution >= 0.6 is 0 Å². The van der Waals surface area contributed by atoms with E-state index in [2.05, 4.69) is 26.2 Å². The highest BCUT2D eigenvalue weighted by Gasteiger charge is 2.45. The van der Waals surface area contributed by atoms with Gasteiger partial charge in [-0.25, -0.2) is 9.97 Å². The van der Waals surface area contributed by atoms with Crippen molar-refractivity contribution in [2.45, 2.75) is 44.4 Å². The molecule has 1 atom stereocenters. The number of nitrogen functional groups attached to an aromatic ring is 1. The Morgan fingerprint density at radius 3 is 2.82 bits per heavy atom. The lowest BCUT2D eigenvalue weighted by Gasteiger charge is -2.35. The van der Waals surface area contributed by atoms with Crippen LogP contribution in [0.2, 0.25) is 0 Å². The fraction of sp³-hybridized carbons (Fsp3) is 0.400. The lowest BCUT2D eigenvalue weighted by molar-refractivity contribution is -0.140. The Balaban J connectivity index is 1.34. The van der Waals surface area contributed by atoms with Crippen LogP contribution in [-0.2, 0) is 4.79 Å². The zero-order valence-electron chi connectivity index (χ0n) is 18.8. The molecule has 0 unspecified atom stereocenters. The van der Waals surface area contributed by atoms with Gasteiger partial charge in [0.1, 0.15) is 28.1 Å². The molecule has 34 heavy (non-hydrogen) atoms. The van der Waals surface area contributed by atoms with E-state index in [4.69, 9.17) is 10.7 Å². The SMILES string of the molecule is N#CC1(C(=O)N2CCC[C@H](c3nc4c([nH]3)c(N)nc3cc(-c5ccn[nH]5)ccc34)C2)CCCC1. The molecule has 4 heterocycles. The second-order valence-electron chi connectivity index (χ2n) is 9.54. The van der Waals surface area contributed by atoms with Gasteiger partial charge in [-0.15, -0.1) is 0 Å². The smallest absolute Gasteiger partial charge is 0.243 e. The summed E-state index contributed by atoms with van der Waals surface area (Å²) in [6, 6.07) is 10.3. The maximum Gasteiger partial charge on any atom is 0.243 e. The first-order valence-corrected chi connectivity index (χ1v) is 11.9. The molecular formula is C25H26N8O. The van der Waals surface area contributed by atoms with Crippen molar-refractivity contribution in [1.29, 1.82) is 5.26 Å². The van der Waals surface area contributed by atoms with E-state index in [0.717, 1.165) is 64.7 Å². The molecule has 1 saturated heterocycles. The standard InChI is InChI=1S/C25H26N8O/c26-14-25(8-1-2-9-25)24(34)33-11-3-4-16(13-33)23-30-20-17-6-5-15(18-7-10-28-32-18)12-19(17)29-22(27)21(20)31-23/h5-7,10,12,16H,1-4,8-9,11,13H2,(H2,27,29)(H,28,32)(H,30,31)/t16-/m0/s1. The van der Waals surface area contributed by atoms with Gasteiger partial charge in [0.15, 0.2) is 0 Å². The minimum atomic E-state index is -0.841. The Labute approximate surface area is 196 Å². The zero-order valence-corrected chi connectivity index (χ0v) is 18.8. The molecule has 9 heteroatoms. The second kappa shape index (κ2) is 7.83. The number of carbonyl (C=O) groups excluding carboxylic acids is 1. The largest absolute Gasteiger partial charge is 0.382 e. The average Bonchev–Trinajstić information content (AvgIpc) is 3.64. The maximum absolute atomic E-state index is 13.3. The predicted octanol–water partition coefficient (Wildman–Crippen LogP) is 3.87. The summed E-state index contributed by atoms with van der Waals surface area (Å²) in [6.45, 7) is 1.26. The molecule has 1 aliphatic heterocycles. The number of hydrogen-bond donors (Lipinski definition) is 3. The van der Waals surface area contributed by atoms with Crippen LogP contribution < -0.4 is 5.73 Å². The summed E-state index contributed by atoms with van der Waals surface area (Å²) in [5.41, 5.74) is 9.66. The number of piperidine rings is 1. The van der Waals surface area contributed by atoms with Crippen LogP contribution in [0.4, 0.5) is 5.82 Å². The summed E-state index contributed by atoms with van der Waals surface area (Å²) in [5.74, 6) is 1.29. The molecule has 1 saturated carbocycles. The molecule has 0 radical (unpaired) electrons. The summed E-state index contributed by atoms with van der Waals surface area (Å²) in [5, 5.41) is 17.7. The van der Waals surface area contributed by atoms with Crippen LogP contribution in [0.25, 0.3) is 33.2 Å². The number of H-pyrrole nitrogens is 2. The maximum atomic E-state index is 13.3. The van der Waals surface area contributed by atoms with Crippen LogP contribution in [0.5, 0.6) is 0 Å². The van der Waals surface area contributed by atoms with Gasteiger partial charge in [-0.1, -0.05) is 18.9 Å². The Kier molecular flexibility index (Phi) is 4.76. The zero-order chi connectivity index (χ0) is 23.3. The highest BCUT2D eigenvalue weighted by molar-refractivity contribution is 6.07. The Hall–Kier alpha value is -3.93. The van der Waals surface area contributed by atoms with E-state index >= 15 is 0 Å². The third-order valence-corrected chi connectivity index (χ3v) is 7.46. The van der Waals surface area contributed by atoms with Crippen molar-refractivity contribution in [2.24, 2.45) is 5.41 Å². The van der Waals surface area contributed by atoms with Gasteiger partial charge in [-0.05, 0) is 43.9 Å². The quantitative estimate of drug-likeness (QED) is 0.429. The summed E-state index contributed by atoms with van der Waals surface area (Å²) in [4.78, 5) is 28.1. The summed E-state index contributed by atoms with van der Waals surface area (Å²) in [6.07, 6.45) is 6.76. The number of carbonyl (C=O) groups is 1.